The smallest absolute Gasteiger partial charge is 0.387 e. The molecule has 2 aliphatic rings. The van der Waals surface area contributed by atoms with E-state index in [1.54, 1.807) is 0 Å². The van der Waals surface area contributed by atoms with Crippen molar-refractivity contribution in [1.82, 2.24) is 19.5 Å². The number of anilines is 1. The van der Waals surface area contributed by atoms with Crippen molar-refractivity contribution >= 4 is 86.7 Å². The third-order valence-corrected chi connectivity index (χ3v) is 15.6. The van der Waals surface area contributed by atoms with Crippen LogP contribution in [0.4, 0.5) is 19.0 Å². The van der Waals surface area contributed by atoms with Crippen LogP contribution in [0, 0.1) is 0 Å². The monoisotopic (exact) mass is 787 g/mol. The molecule has 256 valence electrons. The van der Waals surface area contributed by atoms with E-state index >= 15 is 0 Å². The SMILES string of the molecule is CSCCNc1nc(SCCC(F)(F)F)nc2c1ncn2[C@@H]1OC2(C[C@H]2OP(=O)(O)OP(=O)(O)C(Cl)(Cl)P(=O)(O)O)[C@@H](O)[C@H]1O. The van der Waals surface area contributed by atoms with Crippen molar-refractivity contribution in [2.45, 2.75) is 58.1 Å². The van der Waals surface area contributed by atoms with Gasteiger partial charge < -0.3 is 39.8 Å². The van der Waals surface area contributed by atoms with Crippen LogP contribution in [0.3, 0.4) is 0 Å². The van der Waals surface area contributed by atoms with Crippen LogP contribution < -0.4 is 5.32 Å². The molecule has 2 aromatic rings. The third-order valence-electron chi connectivity index (χ3n) is 6.40. The van der Waals surface area contributed by atoms with Gasteiger partial charge in [-0.15, -0.1) is 0 Å². The fraction of sp³-hybridized carbons (Fsp3) is 0.722. The summed E-state index contributed by atoms with van der Waals surface area (Å²) in [5.74, 6) is 0.419. The minimum atomic E-state index is -5.98. The molecule has 0 bridgehead atoms. The zero-order valence-electron chi connectivity index (χ0n) is 22.4. The van der Waals surface area contributed by atoms with Gasteiger partial charge in [0.1, 0.15) is 23.9 Å². The molecule has 1 aliphatic heterocycles. The number of aromatic nitrogens is 4. The maximum atomic E-state index is 12.7. The highest BCUT2D eigenvalue weighted by molar-refractivity contribution is 7.99. The normalized spacial score (nSPS) is 28.4. The number of nitrogens with one attached hydrogen (secondary N) is 1. The number of hydrogen-bond donors (Lipinski definition) is 7. The minimum absolute atomic E-state index is 0.00652. The maximum absolute atomic E-state index is 12.7. The van der Waals surface area contributed by atoms with Crippen molar-refractivity contribution in [2.75, 3.05) is 29.6 Å². The first-order valence-corrected chi connectivity index (χ1v) is 20.1. The summed E-state index contributed by atoms with van der Waals surface area (Å²) in [5.41, 5.74) is -1.76. The number of imidazole rings is 1. The van der Waals surface area contributed by atoms with Gasteiger partial charge in [0.15, 0.2) is 28.4 Å². The molecule has 27 heteroatoms. The van der Waals surface area contributed by atoms with E-state index in [9.17, 15) is 46.9 Å². The molecule has 0 amide bonds. The number of alkyl halides is 5. The molecular weight excluding hydrogens is 763 g/mol. The molecule has 7 atom stereocenters. The van der Waals surface area contributed by atoms with Gasteiger partial charge in [-0.25, -0.2) is 23.8 Å². The van der Waals surface area contributed by atoms with Crippen LogP contribution in [0.1, 0.15) is 19.1 Å². The summed E-state index contributed by atoms with van der Waals surface area (Å²) in [6.45, 7) is 0.406. The van der Waals surface area contributed by atoms with Gasteiger partial charge in [0.2, 0.25) is 0 Å². The lowest BCUT2D eigenvalue weighted by molar-refractivity contribution is -0.129. The fourth-order valence-electron chi connectivity index (χ4n) is 4.16. The van der Waals surface area contributed by atoms with Gasteiger partial charge in [-0.05, 0) is 6.26 Å². The number of phosphoric acid groups is 1. The van der Waals surface area contributed by atoms with Gasteiger partial charge in [-0.3, -0.25) is 18.2 Å². The van der Waals surface area contributed by atoms with Crippen LogP contribution in [0.5, 0.6) is 0 Å². The molecule has 4 rings (SSSR count). The molecule has 45 heavy (non-hydrogen) atoms. The lowest BCUT2D eigenvalue weighted by Crippen LogP contribution is -2.35. The van der Waals surface area contributed by atoms with Crippen molar-refractivity contribution in [3.63, 3.8) is 0 Å². The Morgan fingerprint density at radius 1 is 1.18 bits per heavy atom. The largest absolute Gasteiger partial charge is 0.479 e. The Kier molecular flexibility index (Phi) is 11.0. The van der Waals surface area contributed by atoms with Crippen LogP contribution >= 0.6 is 69.7 Å². The quantitative estimate of drug-likeness (QED) is 0.0477. The van der Waals surface area contributed by atoms with E-state index in [0.29, 0.717) is 24.1 Å². The first kappa shape index (κ1) is 37.6. The Hall–Kier alpha value is -0.250. The molecule has 17 nitrogen and oxygen atoms in total. The Labute approximate surface area is 269 Å². The molecule has 2 aromatic heterocycles. The number of fused-ring (bicyclic) bond motifs is 1. The van der Waals surface area contributed by atoms with Crippen LogP contribution in [-0.2, 0) is 27.3 Å². The van der Waals surface area contributed by atoms with Crippen molar-refractivity contribution in [3.05, 3.63) is 6.33 Å². The second-order valence-electron chi connectivity index (χ2n) is 9.63. The van der Waals surface area contributed by atoms with Crippen molar-refractivity contribution in [2.24, 2.45) is 0 Å². The maximum Gasteiger partial charge on any atom is 0.479 e. The standard InChI is InChI=1S/C18H25Cl2F3N5O12P3S2/c1-44-5-3-24-12-9-13(27-15(26-12)45-4-2-17(21,22)23)28(7-25-9)14-10(29)11(30)16(38-14)6-8(16)39-43(36,37)40-42(34,35)18(19,20)41(31,32)33/h7-8,10-11,14,29-30H,2-6H2,1H3,(H,34,35)(H,36,37)(H,24,26,27)(H2,31,32,33)/t8-,10-,11+,14-,16?/m1/s1. The highest BCUT2D eigenvalue weighted by Crippen LogP contribution is 2.80. The lowest BCUT2D eigenvalue weighted by Gasteiger charge is -2.26. The van der Waals surface area contributed by atoms with E-state index in [1.165, 1.54) is 11.8 Å². The van der Waals surface area contributed by atoms with Gasteiger partial charge in [0, 0.05) is 24.5 Å². The number of hydrogen-bond acceptors (Lipinski definition) is 14. The average molecular weight is 788 g/mol. The summed E-state index contributed by atoms with van der Waals surface area (Å²) in [5, 5.41) is 24.6. The van der Waals surface area contributed by atoms with E-state index in [2.05, 4.69) is 24.6 Å². The van der Waals surface area contributed by atoms with Gasteiger partial charge in [-0.2, -0.15) is 24.9 Å². The predicted octanol–water partition coefficient (Wildman–Crippen LogP) is 2.99. The zero-order valence-corrected chi connectivity index (χ0v) is 28.2. The lowest BCUT2D eigenvalue weighted by atomic mass is 10.1. The second kappa shape index (κ2) is 13.2. The van der Waals surface area contributed by atoms with Crippen LogP contribution in [-0.4, -0.2) is 108 Å². The second-order valence-corrected chi connectivity index (χ2v) is 19.7. The van der Waals surface area contributed by atoms with Gasteiger partial charge in [0.05, 0.1) is 12.7 Å². The number of phosphoric ester groups is 1. The van der Waals surface area contributed by atoms with Crippen LogP contribution in [0.15, 0.2) is 11.5 Å². The number of aliphatic hydroxyl groups is 2. The van der Waals surface area contributed by atoms with Crippen molar-refractivity contribution in [1.29, 1.82) is 0 Å². The van der Waals surface area contributed by atoms with Crippen LogP contribution in [0.2, 0.25) is 0 Å². The number of thioether (sulfide) groups is 2. The van der Waals surface area contributed by atoms with E-state index in [0.717, 1.165) is 10.9 Å². The van der Waals surface area contributed by atoms with Gasteiger partial charge in [-0.1, -0.05) is 35.0 Å². The summed E-state index contributed by atoms with van der Waals surface area (Å²) in [6, 6.07) is 0. The van der Waals surface area contributed by atoms with Crippen molar-refractivity contribution < 1.29 is 70.2 Å². The molecule has 7 N–H and O–H groups in total. The van der Waals surface area contributed by atoms with E-state index in [4.69, 9.17) is 42.2 Å². The summed E-state index contributed by atoms with van der Waals surface area (Å²) in [6.07, 6.45) is -9.56. The third kappa shape index (κ3) is 7.98. The summed E-state index contributed by atoms with van der Waals surface area (Å²) in [4.78, 5) is 50.9. The molecule has 1 aliphatic carbocycles. The molecule has 0 radical (unpaired) electrons. The molecule has 3 heterocycles. The number of nitrogens with zero attached hydrogens (tertiary/aromatic N) is 4. The first-order chi connectivity index (χ1) is 20.6. The highest BCUT2D eigenvalue weighted by atomic mass is 35.5. The number of aliphatic hydroxyl groups excluding tert-OH is 2. The van der Waals surface area contributed by atoms with Gasteiger partial charge >= 0.3 is 33.0 Å². The summed E-state index contributed by atoms with van der Waals surface area (Å²) < 4.78 is 86.3. The predicted molar refractivity (Wildman–Crippen MR) is 155 cm³/mol. The summed E-state index contributed by atoms with van der Waals surface area (Å²) >= 11 is 12.7. The number of ether oxygens (including phenoxy) is 1. The molecule has 1 saturated heterocycles. The fourth-order valence-corrected chi connectivity index (χ4v) is 9.73. The van der Waals surface area contributed by atoms with Gasteiger partial charge in [0.25, 0.3) is 0 Å². The zero-order chi connectivity index (χ0) is 33.8. The molecule has 0 aromatic carbocycles. The molecule has 3 unspecified atom stereocenters. The Morgan fingerprint density at radius 2 is 1.84 bits per heavy atom. The molecule has 2 fully saturated rings. The molecule has 1 spiro atoms. The molecule has 1 saturated carbocycles. The Balaban J connectivity index is 1.57. The minimum Gasteiger partial charge on any atom is -0.387 e. The van der Waals surface area contributed by atoms with E-state index in [1.807, 2.05) is 6.26 Å². The summed E-state index contributed by atoms with van der Waals surface area (Å²) in [7, 11) is -17.5. The number of halogens is 5. The topological polar surface area (TPSA) is 256 Å². The molecular formula is C18H25Cl2F3N5O12P3S2. The average Bonchev–Trinajstić information content (AvgIpc) is 3.27. The first-order valence-electron chi connectivity index (χ1n) is 12.2. The Bertz CT molecular complexity index is 1570. The number of rotatable bonds is 14. The van der Waals surface area contributed by atoms with E-state index < -0.39 is 81.7 Å². The van der Waals surface area contributed by atoms with Crippen molar-refractivity contribution in [3.8, 4) is 0 Å². The highest BCUT2D eigenvalue weighted by Gasteiger charge is 2.72. The Morgan fingerprint density at radius 3 is 2.44 bits per heavy atom. The van der Waals surface area contributed by atoms with E-state index in [-0.39, 0.29) is 22.1 Å². The van der Waals surface area contributed by atoms with Crippen LogP contribution in [0.25, 0.3) is 11.2 Å².